The van der Waals surface area contributed by atoms with Crippen molar-refractivity contribution in [3.05, 3.63) is 47.5 Å². The van der Waals surface area contributed by atoms with Gasteiger partial charge in [0.1, 0.15) is 164 Å². The number of aldehydes is 1. The van der Waals surface area contributed by atoms with Gasteiger partial charge in [0.15, 0.2) is 56.2 Å². The van der Waals surface area contributed by atoms with Crippen LogP contribution in [-0.2, 0) is 102 Å². The molecule has 13 aliphatic rings. The number of nitrogens with one attached hydrogen (secondary N) is 1. The van der Waals surface area contributed by atoms with Gasteiger partial charge in [0.05, 0.1) is 69.0 Å². The molecule has 5 aliphatic carbocycles. The topological polar surface area (TPSA) is 645 Å². The zero-order valence-corrected chi connectivity index (χ0v) is 78.6. The average molecular weight is 1950 g/mol. The minimum absolute atomic E-state index is 0.00649. The van der Waals surface area contributed by atoms with Crippen LogP contribution in [0.15, 0.2) is 42.0 Å². The number of allylic oxidation sites excluding steroid dienone is 2. The Balaban J connectivity index is 0.703. The van der Waals surface area contributed by atoms with Crippen LogP contribution >= 0.6 is 0 Å². The Hall–Kier alpha value is -3.91. The number of rotatable bonds is 34. The Labute approximate surface area is 789 Å². The van der Waals surface area contributed by atoms with Gasteiger partial charge in [-0.1, -0.05) is 128 Å². The minimum atomic E-state index is -2.23. The number of hydrogen-bond acceptors (Lipinski definition) is 41. The lowest BCUT2D eigenvalue weighted by Gasteiger charge is -2.71. The Kier molecular flexibility index (Phi) is 35.3. The van der Waals surface area contributed by atoms with Crippen molar-refractivity contribution in [2.45, 2.75) is 430 Å². The number of esters is 1. The highest BCUT2D eigenvalue weighted by atomic mass is 16.8. The van der Waals surface area contributed by atoms with Gasteiger partial charge in [-0.05, 0) is 136 Å². The van der Waals surface area contributed by atoms with Crippen LogP contribution in [0.3, 0.4) is 0 Å². The summed E-state index contributed by atoms with van der Waals surface area (Å²) in [6.45, 7) is 14.8. The third-order valence-corrected chi connectivity index (χ3v) is 32.8. The fraction of sp³-hybridized carbons (Fsp3) is 0.883. The zero-order chi connectivity index (χ0) is 98.5. The van der Waals surface area contributed by atoms with Gasteiger partial charge in [-0.15, -0.1) is 0 Å². The highest BCUT2D eigenvalue weighted by Gasteiger charge is 2.74. The molecule has 8 aliphatic heterocycles. The van der Waals surface area contributed by atoms with E-state index in [4.69, 9.17) is 80.5 Å². The molecule has 0 unspecified atom stereocenters. The third kappa shape index (κ3) is 21.3. The zero-order valence-electron chi connectivity index (χ0n) is 78.6. The largest absolute Gasteiger partial charge is 0.432 e. The van der Waals surface area contributed by atoms with Gasteiger partial charge >= 0.3 is 5.97 Å². The number of hydrogen-bond donors (Lipinski definition) is 22. The van der Waals surface area contributed by atoms with Crippen LogP contribution in [-0.4, -0.2) is 411 Å². The lowest BCUT2D eigenvalue weighted by atomic mass is 9.33. The first-order chi connectivity index (χ1) is 64.4. The number of aliphatic hydroxyl groups excluding tert-OH is 21. The van der Waals surface area contributed by atoms with Crippen LogP contribution in [0.25, 0.3) is 0 Å². The molecule has 0 aromatic heterocycles. The monoisotopic (exact) mass is 1950 g/mol. The Morgan fingerprint density at radius 1 is 0.449 bits per heavy atom. The van der Waals surface area contributed by atoms with Gasteiger partial charge in [-0.25, -0.2) is 0 Å². The third-order valence-electron chi connectivity index (χ3n) is 32.8. The van der Waals surface area contributed by atoms with Crippen molar-refractivity contribution in [1.82, 2.24) is 5.32 Å². The summed E-state index contributed by atoms with van der Waals surface area (Å²) in [6.07, 6.45) is -59.2. The van der Waals surface area contributed by atoms with Gasteiger partial charge in [0, 0.05) is 13.2 Å². The Morgan fingerprint density at radius 2 is 0.956 bits per heavy atom. The molecule has 42 nitrogen and oxygen atoms in total. The summed E-state index contributed by atoms with van der Waals surface area (Å²) in [7, 11) is 0. The molecule has 1 aromatic carbocycles. The Bertz CT molecular complexity index is 4060. The van der Waals surface area contributed by atoms with E-state index in [2.05, 4.69) is 46.0 Å². The highest BCUT2D eigenvalue weighted by Crippen LogP contribution is 2.76. The smallest absolute Gasteiger partial charge is 0.317 e. The standard InChI is InChI=1S/C94H149NO41/c1-42-56(102)62(108)67(113)82(123-42)131-74-69(115)76(79(118)95-32-20-15-13-11-10-12-14-16-21-33-120-38-45-22-18-17-19-23-45)133-87(78(74)135-83-68(114)63(109)60(106)50(36-96)126-83)128-55-27-28-90(6)52(91(55,7)41-98)26-29-92(8)53(90)25-24-46-47-34-89(4,5)30-31-94(47,54(101)35-93(46,92)9)88(119)136-86-77(64(110)57(103)43(2)124-86)134-84-71(117)75(72(44(3)125-84)129-80-65(111)58(104)48(99)39-121-80)132-85-70(116)73(61(107)51(37-97)127-85)130-81-66(112)59(105)49(100)40-122-81/h17-19,22-24,41-44,47-78,80-87,96-97,99-117H,10-16,20-21,25-40H2,1-9H3,(H,95,118)/t42-,43+,44-,47-,48+,49+,50+,51+,52+,53+,54+,55-,56-,57-,58-,59-,60-,61+,62+,63-,64-,65+,66+,67+,68+,69-,70+,71+,72-,73-,74-,75-,76-,77+,78+,80-,81-,82-,83-,84-,85-,86-,87+,90-,91-,92+,93+,94+/m0/s1. The molecule has 4 saturated carbocycles. The first kappa shape index (κ1) is 108. The molecule has 8 saturated heterocycles. The van der Waals surface area contributed by atoms with Gasteiger partial charge in [-0.3, -0.25) is 9.59 Å². The summed E-state index contributed by atoms with van der Waals surface area (Å²) in [4.78, 5) is 45.7. The molecular weight excluding hydrogens is 1800 g/mol. The summed E-state index contributed by atoms with van der Waals surface area (Å²) < 4.78 is 105. The molecule has 14 rings (SSSR count). The summed E-state index contributed by atoms with van der Waals surface area (Å²) >= 11 is 0. The summed E-state index contributed by atoms with van der Waals surface area (Å²) in [6, 6.07) is 10.0. The lowest BCUT2D eigenvalue weighted by molar-refractivity contribution is -0.399. The van der Waals surface area contributed by atoms with Crippen molar-refractivity contribution in [1.29, 1.82) is 0 Å². The number of unbranched alkanes of at least 4 members (excludes halogenated alkanes) is 8. The molecule has 0 bridgehead atoms. The van der Waals surface area contributed by atoms with E-state index in [1.54, 1.807) is 6.92 Å². The molecule has 0 spiro atoms. The van der Waals surface area contributed by atoms with Crippen molar-refractivity contribution in [3.8, 4) is 0 Å². The molecule has 776 valence electrons. The lowest BCUT2D eigenvalue weighted by Crippen LogP contribution is -2.70. The van der Waals surface area contributed by atoms with Gasteiger partial charge in [-0.2, -0.15) is 0 Å². The van der Waals surface area contributed by atoms with E-state index in [1.807, 2.05) is 30.3 Å². The fourth-order valence-electron chi connectivity index (χ4n) is 24.3. The van der Waals surface area contributed by atoms with Crippen molar-refractivity contribution in [3.63, 3.8) is 0 Å². The second-order valence-corrected chi connectivity index (χ2v) is 42.0. The van der Waals surface area contributed by atoms with Crippen LogP contribution in [0.2, 0.25) is 0 Å². The number of ether oxygens (including phenoxy) is 17. The number of amides is 1. The van der Waals surface area contributed by atoms with Crippen LogP contribution in [0.1, 0.15) is 183 Å². The number of fused-ring (bicyclic) bond motifs is 7. The number of carbonyl (C=O) groups is 3. The van der Waals surface area contributed by atoms with Crippen LogP contribution in [0, 0.1) is 50.2 Å². The Morgan fingerprint density at radius 3 is 1.57 bits per heavy atom. The first-order valence-electron chi connectivity index (χ1n) is 48.6. The SMILES string of the molecule is C[C@@H]1O[C@@H](O[C@H]2[C@H](O)[C@@H](C(=O)NCCCCCCCCCCCOCc3ccccc3)O[C@@H](O[C@H]3CC[C@]4(C)[C@H]5CC=C6[C@@H]7CC(C)(C)CC[C@]7(C(=O)O[C@@H]7O[C@H](C)[C@H](O)[C@H](O)[C@H]7O[C@@H]7O[C@@H](C)[C@H](O[C@@H]8OC[C@@H](O)[C@H](O)[C@H]8O)[C@@H](O[C@@H]8O[C@H](CO)[C@@H](O)[C@H](O[C@@H]9OC[C@@H](O)[C@H](O)[C@H]9O)[C@H]8O)[C@H]7O)[C@H](O)C[C@@]6(C)[C@]5(C)CC[C@H]4[C@]3(C)C=O)[C@@H]2O[C@@H]2O[C@H](CO)[C@H](O)[C@H](O)[C@H]2O)[C@H](O)[C@H](O)[C@H]1O. The quantitative estimate of drug-likeness (QED) is 0.0105. The van der Waals surface area contributed by atoms with Gasteiger partial charge < -0.3 is 198 Å². The van der Waals surface area contributed by atoms with E-state index in [1.165, 1.54) is 20.8 Å². The first-order valence-corrected chi connectivity index (χ1v) is 48.6. The van der Waals surface area contributed by atoms with E-state index in [0.717, 1.165) is 68.8 Å². The molecule has 1 aromatic rings. The molecule has 8 heterocycles. The molecular formula is C94H149NO41. The van der Waals surface area contributed by atoms with Crippen molar-refractivity contribution < 1.29 is 202 Å². The number of aliphatic hydroxyl groups is 21. The van der Waals surface area contributed by atoms with Gasteiger partial charge in [0.25, 0.3) is 5.91 Å². The summed E-state index contributed by atoms with van der Waals surface area (Å²) in [5, 5.41) is 241. The molecule has 0 radical (unpaired) electrons. The molecule has 42 heteroatoms. The fourth-order valence-corrected chi connectivity index (χ4v) is 24.3. The summed E-state index contributed by atoms with van der Waals surface area (Å²) in [5.74, 6) is -3.34. The van der Waals surface area contributed by atoms with Crippen molar-refractivity contribution in [2.75, 3.05) is 39.6 Å². The van der Waals surface area contributed by atoms with Gasteiger partial charge in [0.2, 0.25) is 6.29 Å². The van der Waals surface area contributed by atoms with Crippen LogP contribution in [0.5, 0.6) is 0 Å². The summed E-state index contributed by atoms with van der Waals surface area (Å²) in [5.41, 5.74) is -4.04. The predicted octanol–water partition coefficient (Wildman–Crippen LogP) is -3.38. The van der Waals surface area contributed by atoms with E-state index in [0.29, 0.717) is 58.2 Å². The minimum Gasteiger partial charge on any atom is -0.432 e. The van der Waals surface area contributed by atoms with E-state index < -0.39 is 328 Å². The second-order valence-electron chi connectivity index (χ2n) is 42.0. The normalized spacial score (nSPS) is 49.2. The van der Waals surface area contributed by atoms with Crippen molar-refractivity contribution >= 4 is 18.2 Å². The van der Waals surface area contributed by atoms with Crippen molar-refractivity contribution in [2.24, 2.45) is 50.2 Å². The van der Waals surface area contributed by atoms with Crippen LogP contribution < -0.4 is 5.32 Å². The predicted molar refractivity (Wildman–Crippen MR) is 462 cm³/mol. The average Bonchev–Trinajstić information content (AvgIpc) is 0.655. The maximum Gasteiger partial charge on any atom is 0.317 e. The molecule has 136 heavy (non-hydrogen) atoms. The molecule has 12 fully saturated rings. The van der Waals surface area contributed by atoms with Crippen LogP contribution in [0.4, 0.5) is 0 Å². The maximum absolute atomic E-state index is 16.2. The highest BCUT2D eigenvalue weighted by molar-refractivity contribution is 5.82. The maximum atomic E-state index is 16.2. The molecule has 48 atom stereocenters. The van der Waals surface area contributed by atoms with E-state index >= 15 is 4.79 Å². The molecule has 22 N–H and O–H groups in total. The molecule has 1 amide bonds. The van der Waals surface area contributed by atoms with E-state index in [-0.39, 0.29) is 31.7 Å². The number of carbonyl (C=O) groups excluding carboxylic acids is 3. The van der Waals surface area contributed by atoms with E-state index in [9.17, 15) is 117 Å². The second kappa shape index (κ2) is 44.6. The number of benzene rings is 1.